The van der Waals surface area contributed by atoms with Crippen molar-refractivity contribution in [2.24, 2.45) is 0 Å². The molecule has 20 heteroatoms. The van der Waals surface area contributed by atoms with Crippen LogP contribution in [0.1, 0.15) is 30.3 Å². The number of nitrogens with zero attached hydrogens (tertiary/aromatic N) is 4. The van der Waals surface area contributed by atoms with Crippen molar-refractivity contribution in [3.05, 3.63) is 18.3 Å². The van der Waals surface area contributed by atoms with E-state index in [2.05, 4.69) is 39.0 Å². The number of imidazole rings is 1. The number of amides is 1. The van der Waals surface area contributed by atoms with Crippen LogP contribution in [0.25, 0.3) is 11.2 Å². The molecule has 0 spiro atoms. The minimum atomic E-state index is -4.69. The molecule has 0 aliphatic rings. The van der Waals surface area contributed by atoms with Crippen LogP contribution in [0.3, 0.4) is 0 Å². The van der Waals surface area contributed by atoms with Crippen LogP contribution in [0, 0.1) is 0 Å². The average molecular weight is 597 g/mol. The number of ether oxygens (including phenoxy) is 3. The maximum absolute atomic E-state index is 12.7. The highest BCUT2D eigenvalue weighted by Gasteiger charge is 2.31. The highest BCUT2D eigenvalue weighted by molar-refractivity contribution is 7.53. The molecule has 2 rings (SSSR count). The van der Waals surface area contributed by atoms with E-state index in [9.17, 15) is 35.7 Å². The average Bonchev–Trinajstić information content (AvgIpc) is 3.27. The Labute approximate surface area is 217 Å². The van der Waals surface area contributed by atoms with Crippen LogP contribution in [-0.2, 0) is 39.2 Å². The molecule has 0 aliphatic carbocycles. The standard InChI is InChI=1S/C19H26F6N5O8P/c1-2-3-5-36-29-17(31)15-14-16(27-9-26-15)30(10-28-14)4-6-33-13-39(32,37-11-34-7-18(20,21)22)38-12-35-8-19(23,24)25/h9-10H,2-8,11-13H2,1H3,(H,29,31). The minimum Gasteiger partial charge on any atom is -0.367 e. The van der Waals surface area contributed by atoms with Gasteiger partial charge in [0.1, 0.15) is 31.4 Å². The number of hydrogen-bond acceptors (Lipinski definition) is 11. The van der Waals surface area contributed by atoms with Crippen molar-refractivity contribution in [1.29, 1.82) is 0 Å². The summed E-state index contributed by atoms with van der Waals surface area (Å²) < 4.78 is 110. The maximum atomic E-state index is 12.7. The first-order chi connectivity index (χ1) is 18.3. The lowest BCUT2D eigenvalue weighted by Gasteiger charge is -2.19. The van der Waals surface area contributed by atoms with Gasteiger partial charge in [0, 0.05) is 6.54 Å². The summed E-state index contributed by atoms with van der Waals surface area (Å²) in [5, 5.41) is 0. The van der Waals surface area contributed by atoms with E-state index >= 15 is 0 Å². The lowest BCUT2D eigenvalue weighted by Crippen LogP contribution is -2.25. The van der Waals surface area contributed by atoms with Crippen LogP contribution in [0.4, 0.5) is 26.3 Å². The summed E-state index contributed by atoms with van der Waals surface area (Å²) in [6.45, 7) is -3.66. The number of fused-ring (bicyclic) bond motifs is 1. The van der Waals surface area contributed by atoms with Crippen LogP contribution in [0.5, 0.6) is 0 Å². The minimum absolute atomic E-state index is 0.0245. The number of nitrogens with one attached hydrogen (secondary N) is 1. The highest BCUT2D eigenvalue weighted by Crippen LogP contribution is 2.48. The van der Waals surface area contributed by atoms with Crippen LogP contribution in [0.2, 0.25) is 0 Å². The smallest absolute Gasteiger partial charge is 0.367 e. The van der Waals surface area contributed by atoms with Crippen molar-refractivity contribution in [2.45, 2.75) is 38.7 Å². The van der Waals surface area contributed by atoms with Crippen LogP contribution in [-0.4, -0.2) is 84.1 Å². The zero-order valence-corrected chi connectivity index (χ0v) is 21.4. The van der Waals surface area contributed by atoms with Gasteiger partial charge in [-0.25, -0.2) is 20.4 Å². The summed E-state index contributed by atoms with van der Waals surface area (Å²) in [6.07, 6.45) is -6.20. The number of aromatic nitrogens is 4. The molecule has 0 radical (unpaired) electrons. The third kappa shape index (κ3) is 12.5. The molecule has 222 valence electrons. The second-order valence-corrected chi connectivity index (χ2v) is 9.53. The van der Waals surface area contributed by atoms with Crippen molar-refractivity contribution in [1.82, 2.24) is 25.0 Å². The van der Waals surface area contributed by atoms with Crippen molar-refractivity contribution in [3.8, 4) is 0 Å². The summed E-state index contributed by atoms with van der Waals surface area (Å²) in [5.74, 6) is -0.643. The summed E-state index contributed by atoms with van der Waals surface area (Å²) >= 11 is 0. The fourth-order valence-electron chi connectivity index (χ4n) is 2.59. The van der Waals surface area contributed by atoms with Gasteiger partial charge in [-0.3, -0.25) is 23.2 Å². The number of unbranched alkanes of at least 4 members (excludes halogenated alkanes) is 1. The summed E-state index contributed by atoms with van der Waals surface area (Å²) in [4.78, 5) is 29.4. The molecule has 0 unspecified atom stereocenters. The first kappa shape index (κ1) is 32.8. The fourth-order valence-corrected chi connectivity index (χ4v) is 3.64. The number of halogens is 6. The Morgan fingerprint density at radius 2 is 1.62 bits per heavy atom. The van der Waals surface area contributed by atoms with Gasteiger partial charge >= 0.3 is 19.9 Å². The molecule has 13 nitrogen and oxygen atoms in total. The molecule has 0 aromatic carbocycles. The van der Waals surface area contributed by atoms with Gasteiger partial charge in [-0.2, -0.15) is 26.3 Å². The van der Waals surface area contributed by atoms with E-state index in [1.54, 1.807) is 0 Å². The SMILES string of the molecule is CCCCONC(=O)c1ncnc2c1ncn2CCOCP(=O)(OCOCC(F)(F)F)OCOCC(F)(F)F. The molecule has 0 aliphatic heterocycles. The van der Waals surface area contributed by atoms with Gasteiger partial charge in [0.15, 0.2) is 24.9 Å². The number of rotatable bonds is 18. The Hall–Kier alpha value is -2.41. The Kier molecular flexibility index (Phi) is 12.9. The monoisotopic (exact) mass is 597 g/mol. The van der Waals surface area contributed by atoms with Crippen molar-refractivity contribution in [2.75, 3.05) is 46.4 Å². The largest absolute Gasteiger partial charge is 0.411 e. The molecule has 0 fully saturated rings. The van der Waals surface area contributed by atoms with Gasteiger partial charge in [-0.05, 0) is 6.42 Å². The lowest BCUT2D eigenvalue weighted by molar-refractivity contribution is -0.192. The Balaban J connectivity index is 1.93. The molecule has 1 N–H and O–H groups in total. The predicted octanol–water partition coefficient (Wildman–Crippen LogP) is 3.56. The van der Waals surface area contributed by atoms with Crippen LogP contribution in [0.15, 0.2) is 12.7 Å². The molecule has 2 heterocycles. The Morgan fingerprint density at radius 1 is 0.974 bits per heavy atom. The van der Waals surface area contributed by atoms with Gasteiger partial charge in [0.05, 0.1) is 19.5 Å². The molecular formula is C19H26F6N5O8P. The number of hydrogen-bond donors (Lipinski definition) is 1. The van der Waals surface area contributed by atoms with E-state index in [-0.39, 0.29) is 30.0 Å². The first-order valence-corrected chi connectivity index (χ1v) is 12.9. The van der Waals surface area contributed by atoms with E-state index in [1.165, 1.54) is 10.9 Å². The molecule has 2 aromatic heterocycles. The first-order valence-electron chi connectivity index (χ1n) is 11.2. The molecule has 2 aromatic rings. The maximum Gasteiger partial charge on any atom is 0.411 e. The zero-order valence-electron chi connectivity index (χ0n) is 20.5. The van der Waals surface area contributed by atoms with E-state index < -0.39 is 59.0 Å². The predicted molar refractivity (Wildman–Crippen MR) is 118 cm³/mol. The van der Waals surface area contributed by atoms with Gasteiger partial charge in [0.25, 0.3) is 5.91 Å². The normalized spacial score (nSPS) is 12.8. The summed E-state index contributed by atoms with van der Waals surface area (Å²) in [7, 11) is -4.40. The molecule has 0 atom stereocenters. The number of alkyl halides is 6. The quantitative estimate of drug-likeness (QED) is 0.0885. The molecule has 39 heavy (non-hydrogen) atoms. The van der Waals surface area contributed by atoms with Gasteiger partial charge in [0.2, 0.25) is 0 Å². The number of carbonyl (C=O) groups is 1. The second-order valence-electron chi connectivity index (χ2n) is 7.54. The van der Waals surface area contributed by atoms with Crippen molar-refractivity contribution >= 4 is 24.7 Å². The Morgan fingerprint density at radius 3 is 2.21 bits per heavy atom. The third-order valence-electron chi connectivity index (χ3n) is 4.30. The van der Waals surface area contributed by atoms with Crippen molar-refractivity contribution in [3.63, 3.8) is 0 Å². The van der Waals surface area contributed by atoms with Gasteiger partial charge < -0.3 is 18.8 Å². The van der Waals surface area contributed by atoms with Crippen LogP contribution >= 0.6 is 7.60 Å². The summed E-state index contributed by atoms with van der Waals surface area (Å²) in [5.41, 5.74) is 2.59. The second kappa shape index (κ2) is 15.4. The third-order valence-corrected chi connectivity index (χ3v) is 5.80. The van der Waals surface area contributed by atoms with E-state index in [4.69, 9.17) is 9.57 Å². The lowest BCUT2D eigenvalue weighted by atomic mass is 10.3. The highest BCUT2D eigenvalue weighted by atomic mass is 31.2. The topological polar surface area (TPSA) is 145 Å². The molecule has 0 saturated carbocycles. The molecular weight excluding hydrogens is 571 g/mol. The molecule has 1 amide bonds. The van der Waals surface area contributed by atoms with E-state index in [1.807, 2.05) is 6.92 Å². The Bertz CT molecular complexity index is 1060. The molecule has 0 bridgehead atoms. The van der Waals surface area contributed by atoms with Crippen molar-refractivity contribution < 1.29 is 63.8 Å². The number of hydroxylamine groups is 1. The number of carbonyl (C=O) groups excluding carboxylic acids is 1. The van der Waals surface area contributed by atoms with Gasteiger partial charge in [-0.1, -0.05) is 13.3 Å². The van der Waals surface area contributed by atoms with E-state index in [0.717, 1.165) is 19.2 Å². The fraction of sp³-hybridized carbons (Fsp3) is 0.684. The van der Waals surface area contributed by atoms with Gasteiger partial charge in [-0.15, -0.1) is 0 Å². The van der Waals surface area contributed by atoms with E-state index in [0.29, 0.717) is 6.61 Å². The summed E-state index contributed by atoms with van der Waals surface area (Å²) in [6, 6.07) is 0. The zero-order chi connectivity index (χ0) is 28.9. The van der Waals surface area contributed by atoms with Crippen LogP contribution < -0.4 is 5.48 Å². The molecule has 0 saturated heterocycles.